The number of fused-ring (bicyclic) bond motifs is 1. The molecule has 1 aliphatic heterocycles. The molecule has 0 aliphatic carbocycles. The average Bonchev–Trinajstić information content (AvgIpc) is 2.76. The van der Waals surface area contributed by atoms with E-state index in [0.717, 1.165) is 24.3 Å². The summed E-state index contributed by atoms with van der Waals surface area (Å²) in [4.78, 5) is 8.51. The average molecular weight is 226 g/mol. The van der Waals surface area contributed by atoms with Crippen LogP contribution in [0.2, 0.25) is 0 Å². The molecule has 4 nitrogen and oxygen atoms in total. The summed E-state index contributed by atoms with van der Waals surface area (Å²) in [5.41, 5.74) is 4.56. The highest BCUT2D eigenvalue weighted by Crippen LogP contribution is 2.26. The summed E-state index contributed by atoms with van der Waals surface area (Å²) in [7, 11) is 0. The topological polar surface area (TPSA) is 49.8 Å². The van der Waals surface area contributed by atoms with E-state index in [2.05, 4.69) is 38.8 Å². The van der Waals surface area contributed by atoms with Crippen LogP contribution in [0.4, 0.5) is 17.3 Å². The smallest absolute Gasteiger partial charge is 0.227 e. The van der Waals surface area contributed by atoms with Gasteiger partial charge in [-0.1, -0.05) is 6.07 Å². The van der Waals surface area contributed by atoms with E-state index >= 15 is 0 Å². The Labute approximate surface area is 100 Å². The second-order valence-corrected chi connectivity index (χ2v) is 4.20. The van der Waals surface area contributed by atoms with Crippen LogP contribution >= 0.6 is 0 Å². The quantitative estimate of drug-likeness (QED) is 0.826. The maximum absolute atomic E-state index is 4.32. The van der Waals surface area contributed by atoms with Gasteiger partial charge in [-0.3, -0.25) is 0 Å². The molecule has 0 radical (unpaired) electrons. The van der Waals surface area contributed by atoms with Gasteiger partial charge >= 0.3 is 0 Å². The fourth-order valence-corrected chi connectivity index (χ4v) is 2.01. The molecule has 3 rings (SSSR count). The van der Waals surface area contributed by atoms with E-state index in [4.69, 9.17) is 0 Å². The molecular weight excluding hydrogens is 212 g/mol. The molecule has 2 N–H and O–H groups in total. The number of anilines is 3. The minimum absolute atomic E-state index is 0.642. The number of benzene rings is 1. The maximum atomic E-state index is 4.32. The molecule has 0 saturated carbocycles. The summed E-state index contributed by atoms with van der Waals surface area (Å²) in [6.07, 6.45) is 2.87. The standard InChI is InChI=1S/C13H14N4/c1-9-4-6-15-13(16-9)17-11-3-2-10-5-7-14-12(10)8-11/h2-4,6,8,14H,5,7H2,1H3,(H,15,16,17). The van der Waals surface area contributed by atoms with Crippen LogP contribution in [-0.4, -0.2) is 16.5 Å². The molecule has 0 amide bonds. The lowest BCUT2D eigenvalue weighted by atomic mass is 10.1. The number of nitrogens with zero attached hydrogens (tertiary/aromatic N) is 2. The van der Waals surface area contributed by atoms with Crippen molar-refractivity contribution in [3.63, 3.8) is 0 Å². The van der Waals surface area contributed by atoms with E-state index in [-0.39, 0.29) is 0 Å². The Morgan fingerprint density at radius 3 is 3.12 bits per heavy atom. The van der Waals surface area contributed by atoms with E-state index in [1.165, 1.54) is 11.3 Å². The molecular formula is C13H14N4. The van der Waals surface area contributed by atoms with Crippen molar-refractivity contribution < 1.29 is 0 Å². The third-order valence-electron chi connectivity index (χ3n) is 2.87. The lowest BCUT2D eigenvalue weighted by Crippen LogP contribution is -1.98. The Kier molecular flexibility index (Phi) is 2.40. The Hall–Kier alpha value is -2.10. The predicted octanol–water partition coefficient (Wildman–Crippen LogP) is 2.50. The summed E-state index contributed by atoms with van der Waals surface area (Å²) >= 11 is 0. The zero-order valence-corrected chi connectivity index (χ0v) is 9.70. The van der Waals surface area contributed by atoms with Gasteiger partial charge in [0, 0.05) is 29.8 Å². The van der Waals surface area contributed by atoms with Crippen molar-refractivity contribution in [3.05, 3.63) is 41.7 Å². The minimum atomic E-state index is 0.642. The molecule has 0 atom stereocenters. The van der Waals surface area contributed by atoms with E-state index < -0.39 is 0 Å². The number of hydrogen-bond donors (Lipinski definition) is 2. The first-order valence-electron chi connectivity index (χ1n) is 5.75. The van der Waals surface area contributed by atoms with Crippen LogP contribution < -0.4 is 10.6 Å². The Morgan fingerprint density at radius 1 is 1.29 bits per heavy atom. The molecule has 1 aliphatic rings. The summed E-state index contributed by atoms with van der Waals surface area (Å²) in [6.45, 7) is 2.98. The predicted molar refractivity (Wildman–Crippen MR) is 68.7 cm³/mol. The van der Waals surface area contributed by atoms with Gasteiger partial charge < -0.3 is 10.6 Å². The van der Waals surface area contributed by atoms with Gasteiger partial charge in [0.15, 0.2) is 0 Å². The van der Waals surface area contributed by atoms with Crippen molar-refractivity contribution in [1.82, 2.24) is 9.97 Å². The summed E-state index contributed by atoms with van der Waals surface area (Å²) < 4.78 is 0. The number of rotatable bonds is 2. The Balaban J connectivity index is 1.86. The molecule has 2 heterocycles. The van der Waals surface area contributed by atoms with E-state index in [1.807, 2.05) is 13.0 Å². The fourth-order valence-electron chi connectivity index (χ4n) is 2.01. The summed E-state index contributed by atoms with van der Waals surface area (Å²) in [5.74, 6) is 0.642. The highest BCUT2D eigenvalue weighted by molar-refractivity contribution is 5.66. The van der Waals surface area contributed by atoms with Crippen LogP contribution in [0.5, 0.6) is 0 Å². The van der Waals surface area contributed by atoms with Gasteiger partial charge in [-0.25, -0.2) is 9.97 Å². The zero-order chi connectivity index (χ0) is 11.7. The largest absolute Gasteiger partial charge is 0.384 e. The lowest BCUT2D eigenvalue weighted by molar-refractivity contribution is 1.10. The van der Waals surface area contributed by atoms with Gasteiger partial charge in [-0.15, -0.1) is 0 Å². The number of aromatic nitrogens is 2. The van der Waals surface area contributed by atoms with Crippen molar-refractivity contribution in [2.45, 2.75) is 13.3 Å². The monoisotopic (exact) mass is 226 g/mol. The second kappa shape index (κ2) is 4.05. The van der Waals surface area contributed by atoms with Gasteiger partial charge in [0.05, 0.1) is 0 Å². The third-order valence-corrected chi connectivity index (χ3v) is 2.87. The molecule has 2 aromatic rings. The maximum Gasteiger partial charge on any atom is 0.227 e. The van der Waals surface area contributed by atoms with Crippen molar-refractivity contribution in [2.24, 2.45) is 0 Å². The molecule has 0 spiro atoms. The normalized spacial score (nSPS) is 13.0. The van der Waals surface area contributed by atoms with Gasteiger partial charge in [0.2, 0.25) is 5.95 Å². The van der Waals surface area contributed by atoms with Crippen LogP contribution in [0.25, 0.3) is 0 Å². The molecule has 1 aromatic carbocycles. The van der Waals surface area contributed by atoms with Crippen molar-refractivity contribution >= 4 is 17.3 Å². The lowest BCUT2D eigenvalue weighted by Gasteiger charge is -2.07. The van der Waals surface area contributed by atoms with Gasteiger partial charge in [-0.05, 0) is 37.1 Å². The first-order chi connectivity index (χ1) is 8.31. The molecule has 1 aromatic heterocycles. The van der Waals surface area contributed by atoms with Gasteiger partial charge in [0.1, 0.15) is 0 Å². The van der Waals surface area contributed by atoms with Crippen LogP contribution in [0.15, 0.2) is 30.5 Å². The van der Waals surface area contributed by atoms with Crippen molar-refractivity contribution in [1.29, 1.82) is 0 Å². The van der Waals surface area contributed by atoms with Crippen molar-refractivity contribution in [2.75, 3.05) is 17.2 Å². The molecule has 0 unspecified atom stereocenters. The highest BCUT2D eigenvalue weighted by Gasteiger charge is 2.10. The SMILES string of the molecule is Cc1ccnc(Nc2ccc3c(c2)NCC3)n1. The van der Waals surface area contributed by atoms with E-state index in [9.17, 15) is 0 Å². The summed E-state index contributed by atoms with van der Waals surface area (Å²) in [6, 6.07) is 8.20. The number of nitrogens with one attached hydrogen (secondary N) is 2. The highest BCUT2D eigenvalue weighted by atomic mass is 15.1. The van der Waals surface area contributed by atoms with Crippen LogP contribution in [0.3, 0.4) is 0 Å². The van der Waals surface area contributed by atoms with Gasteiger partial charge in [0.25, 0.3) is 0 Å². The number of hydrogen-bond acceptors (Lipinski definition) is 4. The van der Waals surface area contributed by atoms with E-state index in [1.54, 1.807) is 6.20 Å². The first kappa shape index (κ1) is 10.1. The minimum Gasteiger partial charge on any atom is -0.384 e. The number of aryl methyl sites for hydroxylation is 1. The Morgan fingerprint density at radius 2 is 2.24 bits per heavy atom. The fraction of sp³-hybridized carbons (Fsp3) is 0.231. The molecule has 86 valence electrons. The Bertz CT molecular complexity index is 551. The van der Waals surface area contributed by atoms with Crippen LogP contribution in [0, 0.1) is 6.92 Å². The van der Waals surface area contributed by atoms with Crippen LogP contribution in [0.1, 0.15) is 11.3 Å². The van der Waals surface area contributed by atoms with E-state index in [0.29, 0.717) is 5.95 Å². The summed E-state index contributed by atoms with van der Waals surface area (Å²) in [5, 5.41) is 6.57. The molecule has 0 fully saturated rings. The van der Waals surface area contributed by atoms with Crippen molar-refractivity contribution in [3.8, 4) is 0 Å². The molecule has 0 saturated heterocycles. The third kappa shape index (κ3) is 2.06. The molecule has 17 heavy (non-hydrogen) atoms. The zero-order valence-electron chi connectivity index (χ0n) is 9.70. The molecule has 4 heteroatoms. The molecule has 0 bridgehead atoms. The first-order valence-corrected chi connectivity index (χ1v) is 5.75. The van der Waals surface area contributed by atoms with Crippen LogP contribution in [-0.2, 0) is 6.42 Å². The van der Waals surface area contributed by atoms with Gasteiger partial charge in [-0.2, -0.15) is 0 Å². The second-order valence-electron chi connectivity index (χ2n) is 4.20.